The van der Waals surface area contributed by atoms with E-state index in [0.717, 1.165) is 0 Å². The van der Waals surface area contributed by atoms with Crippen LogP contribution in [0, 0.1) is 4.77 Å². The molecular formula is C15H23N3O5S. The number of ether oxygens (including phenoxy) is 2. The number of aromatic nitrogens is 2. The summed E-state index contributed by atoms with van der Waals surface area (Å²) in [5.74, 6) is -0.494. The van der Waals surface area contributed by atoms with Gasteiger partial charge in [-0.05, 0) is 25.1 Å². The van der Waals surface area contributed by atoms with E-state index < -0.39 is 17.8 Å². The molecule has 1 aliphatic rings. The van der Waals surface area contributed by atoms with Crippen molar-refractivity contribution in [3.8, 4) is 0 Å². The first-order valence-electron chi connectivity index (χ1n) is 7.78. The summed E-state index contributed by atoms with van der Waals surface area (Å²) in [5.41, 5.74) is 4.59. The molecular weight excluding hydrogens is 334 g/mol. The molecule has 3 N–H and O–H groups in total. The quantitative estimate of drug-likeness (QED) is 0.463. The molecule has 0 saturated carbocycles. The number of hydrogen-bond acceptors (Lipinski definition) is 7. The second-order valence-corrected chi connectivity index (χ2v) is 5.64. The van der Waals surface area contributed by atoms with Crippen LogP contribution in [0.5, 0.6) is 0 Å². The third-order valence-corrected chi connectivity index (χ3v) is 3.43. The predicted molar refractivity (Wildman–Crippen MR) is 90.4 cm³/mol. The Hall–Kier alpha value is -1.84. The van der Waals surface area contributed by atoms with Gasteiger partial charge in [-0.3, -0.25) is 23.9 Å². The van der Waals surface area contributed by atoms with Gasteiger partial charge in [0.05, 0.1) is 18.2 Å². The molecule has 2 atom stereocenters. The van der Waals surface area contributed by atoms with Crippen molar-refractivity contribution in [3.63, 3.8) is 0 Å². The molecule has 2 unspecified atom stereocenters. The zero-order valence-electron chi connectivity index (χ0n) is 13.8. The van der Waals surface area contributed by atoms with Crippen molar-refractivity contribution in [1.29, 1.82) is 0 Å². The van der Waals surface area contributed by atoms with E-state index in [4.69, 9.17) is 27.4 Å². The minimum absolute atomic E-state index is 0.0230. The van der Waals surface area contributed by atoms with E-state index in [2.05, 4.69) is 18.8 Å². The molecule has 1 aromatic rings. The van der Waals surface area contributed by atoms with Crippen molar-refractivity contribution in [3.05, 3.63) is 26.9 Å². The Morgan fingerprint density at radius 1 is 1.54 bits per heavy atom. The van der Waals surface area contributed by atoms with Gasteiger partial charge in [0.25, 0.3) is 5.56 Å². The van der Waals surface area contributed by atoms with Crippen LogP contribution >= 0.6 is 12.2 Å². The van der Waals surface area contributed by atoms with E-state index in [1.54, 1.807) is 0 Å². The average molecular weight is 357 g/mol. The molecule has 0 amide bonds. The molecule has 2 heterocycles. The van der Waals surface area contributed by atoms with Crippen LogP contribution in [0.1, 0.15) is 49.7 Å². The zero-order valence-corrected chi connectivity index (χ0v) is 14.6. The van der Waals surface area contributed by atoms with Crippen LogP contribution in [0.2, 0.25) is 0 Å². The molecule has 0 bridgehead atoms. The SMILES string of the molecule is CCC.NCC(=O)OCC1CCC(n2cc(C=O)c(=O)[nH]c2=S)O1. The number of esters is 1. The van der Waals surface area contributed by atoms with Gasteiger partial charge < -0.3 is 15.2 Å². The van der Waals surface area contributed by atoms with Gasteiger partial charge in [0.15, 0.2) is 11.1 Å². The van der Waals surface area contributed by atoms with Crippen molar-refractivity contribution in [2.24, 2.45) is 5.73 Å². The number of rotatable bonds is 5. The van der Waals surface area contributed by atoms with Crippen LogP contribution in [-0.2, 0) is 14.3 Å². The average Bonchev–Trinajstić information content (AvgIpc) is 3.02. The van der Waals surface area contributed by atoms with Gasteiger partial charge in [-0.2, -0.15) is 0 Å². The number of carbonyl (C=O) groups is 2. The first-order valence-corrected chi connectivity index (χ1v) is 8.19. The molecule has 1 aromatic heterocycles. The molecule has 0 radical (unpaired) electrons. The van der Waals surface area contributed by atoms with E-state index in [0.29, 0.717) is 19.1 Å². The fourth-order valence-corrected chi connectivity index (χ4v) is 2.32. The van der Waals surface area contributed by atoms with Gasteiger partial charge in [0.2, 0.25) is 0 Å². The van der Waals surface area contributed by atoms with Crippen molar-refractivity contribution in [2.75, 3.05) is 13.2 Å². The van der Waals surface area contributed by atoms with Gasteiger partial charge in [-0.15, -0.1) is 0 Å². The lowest BCUT2D eigenvalue weighted by atomic mass is 10.2. The largest absolute Gasteiger partial charge is 0.462 e. The smallest absolute Gasteiger partial charge is 0.319 e. The van der Waals surface area contributed by atoms with E-state index in [1.807, 2.05) is 0 Å². The summed E-state index contributed by atoms with van der Waals surface area (Å²) >= 11 is 5.06. The number of nitrogens with one attached hydrogen (secondary N) is 1. The number of nitrogens with two attached hydrogens (primary N) is 1. The molecule has 9 heteroatoms. The summed E-state index contributed by atoms with van der Waals surface area (Å²) in [5, 5.41) is 0. The number of hydrogen-bond donors (Lipinski definition) is 2. The Morgan fingerprint density at radius 2 is 2.21 bits per heavy atom. The zero-order chi connectivity index (χ0) is 18.1. The van der Waals surface area contributed by atoms with Gasteiger partial charge >= 0.3 is 5.97 Å². The highest BCUT2D eigenvalue weighted by Crippen LogP contribution is 2.28. The van der Waals surface area contributed by atoms with E-state index >= 15 is 0 Å². The van der Waals surface area contributed by atoms with E-state index in [-0.39, 0.29) is 29.6 Å². The molecule has 1 saturated heterocycles. The summed E-state index contributed by atoms with van der Waals surface area (Å²) in [6.07, 6.45) is 3.70. The van der Waals surface area contributed by atoms with Crippen LogP contribution in [0.4, 0.5) is 0 Å². The third-order valence-electron chi connectivity index (χ3n) is 3.11. The van der Waals surface area contributed by atoms with E-state index in [9.17, 15) is 14.4 Å². The van der Waals surface area contributed by atoms with Crippen molar-refractivity contribution >= 4 is 24.5 Å². The first kappa shape index (κ1) is 20.2. The topological polar surface area (TPSA) is 116 Å². The lowest BCUT2D eigenvalue weighted by molar-refractivity contribution is -0.146. The summed E-state index contributed by atoms with van der Waals surface area (Å²) in [6, 6.07) is 0. The van der Waals surface area contributed by atoms with Crippen LogP contribution in [0.25, 0.3) is 0 Å². The fourth-order valence-electron chi connectivity index (χ4n) is 2.06. The highest BCUT2D eigenvalue weighted by Gasteiger charge is 2.28. The van der Waals surface area contributed by atoms with Crippen LogP contribution in [0.3, 0.4) is 0 Å². The summed E-state index contributed by atoms with van der Waals surface area (Å²) < 4.78 is 12.3. The summed E-state index contributed by atoms with van der Waals surface area (Å²) in [6.45, 7) is 4.19. The number of carbonyl (C=O) groups excluding carboxylic acids is 2. The van der Waals surface area contributed by atoms with Gasteiger partial charge in [-0.1, -0.05) is 20.3 Å². The Labute approximate surface area is 145 Å². The highest BCUT2D eigenvalue weighted by molar-refractivity contribution is 7.71. The van der Waals surface area contributed by atoms with Crippen molar-refractivity contribution in [1.82, 2.24) is 9.55 Å². The number of aromatic amines is 1. The molecule has 1 aliphatic heterocycles. The number of aldehydes is 1. The van der Waals surface area contributed by atoms with Crippen LogP contribution in [-0.4, -0.2) is 41.1 Å². The molecule has 0 aliphatic carbocycles. The van der Waals surface area contributed by atoms with Crippen LogP contribution < -0.4 is 11.3 Å². The van der Waals surface area contributed by atoms with Gasteiger partial charge in [-0.25, -0.2) is 0 Å². The van der Waals surface area contributed by atoms with Crippen molar-refractivity contribution < 1.29 is 19.1 Å². The second-order valence-electron chi connectivity index (χ2n) is 5.25. The molecule has 134 valence electrons. The maximum atomic E-state index is 11.4. The molecule has 24 heavy (non-hydrogen) atoms. The Kier molecular flexibility index (Phi) is 8.51. The maximum Gasteiger partial charge on any atom is 0.319 e. The number of nitrogens with zero attached hydrogens (tertiary/aromatic N) is 1. The first-order chi connectivity index (χ1) is 11.5. The molecule has 0 aromatic carbocycles. The number of H-pyrrole nitrogens is 1. The molecule has 1 fully saturated rings. The van der Waals surface area contributed by atoms with Crippen LogP contribution in [0.15, 0.2) is 11.0 Å². The van der Waals surface area contributed by atoms with Gasteiger partial charge in [0.1, 0.15) is 12.8 Å². The lowest BCUT2D eigenvalue weighted by Gasteiger charge is -2.17. The molecule has 8 nitrogen and oxygen atoms in total. The van der Waals surface area contributed by atoms with Crippen molar-refractivity contribution in [2.45, 2.75) is 45.4 Å². The Morgan fingerprint density at radius 3 is 2.79 bits per heavy atom. The molecule has 2 rings (SSSR count). The Balaban J connectivity index is 0.000000891. The van der Waals surface area contributed by atoms with Gasteiger partial charge in [0, 0.05) is 6.20 Å². The fraction of sp³-hybridized carbons (Fsp3) is 0.600. The lowest BCUT2D eigenvalue weighted by Crippen LogP contribution is -2.24. The maximum absolute atomic E-state index is 11.4. The Bertz CT molecular complexity index is 670. The second kappa shape index (κ2) is 10.1. The highest BCUT2D eigenvalue weighted by atomic mass is 32.1. The minimum atomic E-state index is -0.530. The monoisotopic (exact) mass is 357 g/mol. The summed E-state index contributed by atoms with van der Waals surface area (Å²) in [7, 11) is 0. The minimum Gasteiger partial charge on any atom is -0.462 e. The third kappa shape index (κ3) is 5.66. The van der Waals surface area contributed by atoms with E-state index in [1.165, 1.54) is 17.2 Å². The molecule has 0 spiro atoms. The standard InChI is InChI=1S/C12H15N3O5S.C3H8/c13-3-10(17)19-6-8-1-2-9(20-8)15-4-7(5-16)11(18)14-12(15)21;1-3-2/h4-5,8-9H,1-3,6,13H2,(H,14,18,21);3H2,1-2H3. The normalized spacial score (nSPS) is 19.3. The predicted octanol–water partition coefficient (Wildman–Crippen LogP) is 1.31. The summed E-state index contributed by atoms with van der Waals surface area (Å²) in [4.78, 5) is 35.6.